The van der Waals surface area contributed by atoms with Crippen LogP contribution in [0.2, 0.25) is 0 Å². The number of thiophene rings is 1. The Bertz CT molecular complexity index is 1610. The monoisotopic (exact) mass is 514 g/mol. The number of nitrogens with zero attached hydrogens (tertiary/aromatic N) is 4. The van der Waals surface area contributed by atoms with Crippen LogP contribution in [0.25, 0.3) is 27.0 Å². The number of aryl methyl sites for hydroxylation is 1. The number of ketones is 1. The number of ether oxygens (including phenoxy) is 1. The number of pyridine rings is 1. The molecule has 0 fully saturated rings. The summed E-state index contributed by atoms with van der Waals surface area (Å²) in [5, 5.41) is 4.17. The van der Waals surface area contributed by atoms with Crippen molar-refractivity contribution >= 4 is 17.1 Å². The predicted molar refractivity (Wildman–Crippen MR) is 136 cm³/mol. The number of fused-ring (bicyclic) bond motifs is 3. The molecule has 6 rings (SSSR count). The van der Waals surface area contributed by atoms with Crippen LogP contribution < -0.4 is 4.74 Å². The highest BCUT2D eigenvalue weighted by molar-refractivity contribution is 7.19. The average molecular weight is 515 g/mol. The smallest absolute Gasteiger partial charge is 0.181 e. The normalized spacial score (nSPS) is 12.4. The maximum absolute atomic E-state index is 14.5. The van der Waals surface area contributed by atoms with Gasteiger partial charge in [-0.1, -0.05) is 30.3 Å². The summed E-state index contributed by atoms with van der Waals surface area (Å²) in [6.07, 6.45) is 2.96. The second-order valence-electron chi connectivity index (χ2n) is 8.61. The molecule has 2 aromatic carbocycles. The SMILES string of the molecule is O=C(CCc1ccccc1)c1ccc2c(n1)-c1sc(-c3ncnn3-c3ccc(F)cc3F)cc1CCO2. The van der Waals surface area contributed by atoms with Crippen LogP contribution in [0.15, 0.2) is 73.1 Å². The molecule has 0 amide bonds. The number of hydrogen-bond donors (Lipinski definition) is 0. The van der Waals surface area contributed by atoms with Gasteiger partial charge in [-0.3, -0.25) is 4.79 Å². The lowest BCUT2D eigenvalue weighted by Gasteiger charge is -2.09. The van der Waals surface area contributed by atoms with Gasteiger partial charge in [0.25, 0.3) is 0 Å². The third kappa shape index (κ3) is 4.53. The summed E-state index contributed by atoms with van der Waals surface area (Å²) >= 11 is 1.42. The van der Waals surface area contributed by atoms with Gasteiger partial charge in [-0.15, -0.1) is 11.3 Å². The molecule has 6 nitrogen and oxygen atoms in total. The minimum absolute atomic E-state index is 0.0410. The third-order valence-corrected chi connectivity index (χ3v) is 7.37. The summed E-state index contributed by atoms with van der Waals surface area (Å²) in [4.78, 5) is 23.7. The number of rotatable bonds is 6. The summed E-state index contributed by atoms with van der Waals surface area (Å²) in [5.74, 6) is -0.397. The number of aromatic nitrogens is 4. The second kappa shape index (κ2) is 9.67. The van der Waals surface area contributed by atoms with Crippen LogP contribution in [0, 0.1) is 11.6 Å². The molecule has 0 saturated carbocycles. The van der Waals surface area contributed by atoms with Crippen molar-refractivity contribution in [1.29, 1.82) is 0 Å². The Kier molecular flexibility index (Phi) is 6.05. The zero-order valence-corrected chi connectivity index (χ0v) is 20.3. The highest BCUT2D eigenvalue weighted by Gasteiger charge is 2.24. The fourth-order valence-corrected chi connectivity index (χ4v) is 5.53. The van der Waals surface area contributed by atoms with Crippen molar-refractivity contribution in [3.8, 4) is 32.7 Å². The minimum Gasteiger partial charge on any atom is -0.491 e. The minimum atomic E-state index is -0.732. The fraction of sp³-hybridized carbons (Fsp3) is 0.143. The Labute approximate surface area is 215 Å². The number of benzene rings is 2. The van der Waals surface area contributed by atoms with Gasteiger partial charge in [0.2, 0.25) is 0 Å². The summed E-state index contributed by atoms with van der Waals surface area (Å²) in [6.45, 7) is 0.457. The van der Waals surface area contributed by atoms with Crippen molar-refractivity contribution in [2.75, 3.05) is 6.61 Å². The van der Waals surface area contributed by atoms with Gasteiger partial charge >= 0.3 is 0 Å². The van der Waals surface area contributed by atoms with Crippen LogP contribution in [0.4, 0.5) is 8.78 Å². The highest BCUT2D eigenvalue weighted by Crippen LogP contribution is 2.43. The Morgan fingerprint density at radius 1 is 1.05 bits per heavy atom. The van der Waals surface area contributed by atoms with E-state index in [2.05, 4.69) is 10.1 Å². The van der Waals surface area contributed by atoms with Crippen LogP contribution in [-0.4, -0.2) is 32.1 Å². The largest absolute Gasteiger partial charge is 0.491 e. The zero-order chi connectivity index (χ0) is 25.4. The number of hydrogen-bond acceptors (Lipinski definition) is 6. The molecular weight excluding hydrogens is 494 g/mol. The molecule has 5 aromatic rings. The van der Waals surface area contributed by atoms with Crippen molar-refractivity contribution in [2.45, 2.75) is 19.3 Å². The molecule has 0 aliphatic carbocycles. The van der Waals surface area contributed by atoms with Crippen molar-refractivity contribution in [3.05, 3.63) is 102 Å². The molecule has 1 aliphatic rings. The van der Waals surface area contributed by atoms with E-state index in [1.807, 2.05) is 36.4 Å². The predicted octanol–water partition coefficient (Wildman–Crippen LogP) is 6.09. The lowest BCUT2D eigenvalue weighted by molar-refractivity contribution is 0.0978. The average Bonchev–Trinajstić information content (AvgIpc) is 3.52. The van der Waals surface area contributed by atoms with Gasteiger partial charge in [-0.25, -0.2) is 23.4 Å². The molecule has 184 valence electrons. The molecule has 1 aliphatic heterocycles. The van der Waals surface area contributed by atoms with E-state index in [-0.39, 0.29) is 11.5 Å². The Balaban J connectivity index is 1.34. The molecule has 0 bridgehead atoms. The first-order valence-corrected chi connectivity index (χ1v) is 12.6. The molecular formula is C28H20F2N4O2S. The molecule has 0 spiro atoms. The van der Waals surface area contributed by atoms with E-state index in [4.69, 9.17) is 9.72 Å². The molecule has 0 N–H and O–H groups in total. The number of carbonyl (C=O) groups excluding carboxylic acids is 1. The molecule has 0 saturated heterocycles. The first-order valence-electron chi connectivity index (χ1n) is 11.8. The van der Waals surface area contributed by atoms with Gasteiger partial charge in [-0.2, -0.15) is 5.10 Å². The van der Waals surface area contributed by atoms with Gasteiger partial charge < -0.3 is 4.74 Å². The molecule has 37 heavy (non-hydrogen) atoms. The third-order valence-electron chi connectivity index (χ3n) is 6.19. The first-order chi connectivity index (χ1) is 18.1. The van der Waals surface area contributed by atoms with E-state index >= 15 is 0 Å². The van der Waals surface area contributed by atoms with Gasteiger partial charge in [0.15, 0.2) is 17.4 Å². The van der Waals surface area contributed by atoms with Crippen LogP contribution in [0.1, 0.15) is 28.0 Å². The lowest BCUT2D eigenvalue weighted by atomic mass is 10.1. The van der Waals surface area contributed by atoms with Crippen molar-refractivity contribution in [3.63, 3.8) is 0 Å². The van der Waals surface area contributed by atoms with Gasteiger partial charge in [0, 0.05) is 18.9 Å². The molecule has 4 heterocycles. The summed E-state index contributed by atoms with van der Waals surface area (Å²) < 4.78 is 35.2. The van der Waals surface area contributed by atoms with Crippen LogP contribution in [0.3, 0.4) is 0 Å². The van der Waals surface area contributed by atoms with Crippen molar-refractivity contribution < 1.29 is 18.3 Å². The van der Waals surface area contributed by atoms with Gasteiger partial charge in [0.05, 0.1) is 16.4 Å². The summed E-state index contributed by atoms with van der Waals surface area (Å²) in [5.41, 5.74) is 3.19. The number of halogens is 2. The van der Waals surface area contributed by atoms with Crippen LogP contribution >= 0.6 is 11.3 Å². The van der Waals surface area contributed by atoms with E-state index < -0.39 is 11.6 Å². The maximum atomic E-state index is 14.5. The topological polar surface area (TPSA) is 69.9 Å². The lowest BCUT2D eigenvalue weighted by Crippen LogP contribution is -2.05. The Hall–Kier alpha value is -4.24. The Morgan fingerprint density at radius 3 is 2.76 bits per heavy atom. The molecule has 0 atom stereocenters. The van der Waals surface area contributed by atoms with E-state index in [0.717, 1.165) is 26.9 Å². The summed E-state index contributed by atoms with van der Waals surface area (Å²) in [6, 6.07) is 18.7. The fourth-order valence-electron chi connectivity index (χ4n) is 4.35. The van der Waals surface area contributed by atoms with Crippen molar-refractivity contribution in [1.82, 2.24) is 19.7 Å². The highest BCUT2D eigenvalue weighted by atomic mass is 32.1. The molecule has 0 unspecified atom stereocenters. The van der Waals surface area contributed by atoms with Gasteiger partial charge in [0.1, 0.15) is 35.0 Å². The molecule has 3 aromatic heterocycles. The van der Waals surface area contributed by atoms with Gasteiger partial charge in [-0.05, 0) is 47.9 Å². The van der Waals surface area contributed by atoms with Crippen LogP contribution in [-0.2, 0) is 12.8 Å². The second-order valence-corrected chi connectivity index (χ2v) is 9.66. The maximum Gasteiger partial charge on any atom is 0.181 e. The molecule has 0 radical (unpaired) electrons. The van der Waals surface area contributed by atoms with Crippen LogP contribution in [0.5, 0.6) is 5.75 Å². The summed E-state index contributed by atoms with van der Waals surface area (Å²) in [7, 11) is 0. The quantitative estimate of drug-likeness (QED) is 0.257. The van der Waals surface area contributed by atoms with E-state index in [1.165, 1.54) is 34.5 Å². The first kappa shape index (κ1) is 23.2. The standard InChI is InChI=1S/C28H20F2N4O2S/c29-19-7-9-22(20(30)15-19)34-28(31-16-32-34)25-14-18-12-13-36-24-11-8-21(33-26(24)27(18)37-25)23(35)10-6-17-4-2-1-3-5-17/h1-5,7-9,11,14-16H,6,10,12-13H2. The van der Waals surface area contributed by atoms with Crippen molar-refractivity contribution in [2.24, 2.45) is 0 Å². The van der Waals surface area contributed by atoms with E-state index in [1.54, 1.807) is 12.1 Å². The van der Waals surface area contributed by atoms with E-state index in [0.29, 0.717) is 48.8 Å². The number of Topliss-reactive ketones (excluding diaryl/α,β-unsaturated/α-hetero) is 1. The molecule has 9 heteroatoms. The number of carbonyl (C=O) groups is 1. The Morgan fingerprint density at radius 2 is 1.92 bits per heavy atom. The zero-order valence-electron chi connectivity index (χ0n) is 19.5. The van der Waals surface area contributed by atoms with E-state index in [9.17, 15) is 13.6 Å².